The molecule has 1 aliphatic heterocycles. The molecule has 1 aliphatic rings. The van der Waals surface area contributed by atoms with Crippen molar-refractivity contribution < 1.29 is 19.4 Å². The Morgan fingerprint density at radius 2 is 2.00 bits per heavy atom. The Bertz CT molecular complexity index is 1280. The summed E-state index contributed by atoms with van der Waals surface area (Å²) in [6, 6.07) is 15.6. The minimum atomic E-state index is -1.11. The Morgan fingerprint density at radius 1 is 1.24 bits per heavy atom. The zero-order valence-corrected chi connectivity index (χ0v) is 20.4. The van der Waals surface area contributed by atoms with E-state index in [4.69, 9.17) is 27.2 Å². The topological polar surface area (TPSA) is 84.7 Å². The molecule has 0 saturated carbocycles. The van der Waals surface area contributed by atoms with Crippen LogP contribution in [0.15, 0.2) is 59.6 Å². The van der Waals surface area contributed by atoms with E-state index in [0.717, 1.165) is 51.2 Å². The number of carboxylic acid groups (broad SMARTS) is 1. The van der Waals surface area contributed by atoms with Gasteiger partial charge in [0.1, 0.15) is 22.3 Å². The van der Waals surface area contributed by atoms with E-state index >= 15 is 0 Å². The Labute approximate surface area is 207 Å². The molecule has 0 radical (unpaired) electrons. The number of carbonyl (C=O) groups excluding carboxylic acids is 1. The maximum Gasteiger partial charge on any atom is 0.323 e. The number of thioether (sulfide) groups is 1. The van der Waals surface area contributed by atoms with E-state index in [0.29, 0.717) is 17.2 Å². The largest absolute Gasteiger partial charge is 0.493 e. The number of carboxylic acids is 1. The first-order valence-corrected chi connectivity index (χ1v) is 12.0. The molecule has 1 N–H and O–H groups in total. The zero-order valence-electron chi connectivity index (χ0n) is 18.7. The lowest BCUT2D eigenvalue weighted by Gasteiger charge is -2.10. The fourth-order valence-electron chi connectivity index (χ4n) is 3.51. The fourth-order valence-corrected chi connectivity index (χ4v) is 4.76. The van der Waals surface area contributed by atoms with Gasteiger partial charge in [0.2, 0.25) is 0 Å². The van der Waals surface area contributed by atoms with Gasteiger partial charge in [0, 0.05) is 17.3 Å². The van der Waals surface area contributed by atoms with E-state index in [1.54, 1.807) is 10.8 Å². The first-order valence-electron chi connectivity index (χ1n) is 10.7. The van der Waals surface area contributed by atoms with Crippen LogP contribution in [0.5, 0.6) is 5.75 Å². The number of benzene rings is 2. The van der Waals surface area contributed by atoms with Gasteiger partial charge in [0.25, 0.3) is 5.91 Å². The average molecular weight is 494 g/mol. The summed E-state index contributed by atoms with van der Waals surface area (Å²) in [5.74, 6) is -0.713. The lowest BCUT2D eigenvalue weighted by atomic mass is 10.0. The highest BCUT2D eigenvalue weighted by molar-refractivity contribution is 8.26. The van der Waals surface area contributed by atoms with Gasteiger partial charge in [-0.15, -0.1) is 0 Å². The molecule has 1 fully saturated rings. The molecule has 34 heavy (non-hydrogen) atoms. The third-order valence-electron chi connectivity index (χ3n) is 5.13. The quantitative estimate of drug-likeness (QED) is 0.352. The van der Waals surface area contributed by atoms with Crippen LogP contribution in [0.3, 0.4) is 0 Å². The number of thiocarbonyl (C=S) groups is 1. The Balaban J connectivity index is 1.77. The van der Waals surface area contributed by atoms with Gasteiger partial charge >= 0.3 is 5.97 Å². The number of aliphatic carboxylic acids is 1. The second-order valence-electron chi connectivity index (χ2n) is 7.70. The van der Waals surface area contributed by atoms with Crippen molar-refractivity contribution >= 4 is 46.3 Å². The number of hydrogen-bond donors (Lipinski definition) is 1. The predicted octanol–water partition coefficient (Wildman–Crippen LogP) is 4.92. The van der Waals surface area contributed by atoms with Crippen molar-refractivity contribution in [3.63, 3.8) is 0 Å². The number of carbonyl (C=O) groups is 2. The summed E-state index contributed by atoms with van der Waals surface area (Å²) in [6.45, 7) is 4.23. The summed E-state index contributed by atoms with van der Waals surface area (Å²) in [5.41, 5.74) is 4.16. The van der Waals surface area contributed by atoms with Crippen LogP contribution in [0.25, 0.3) is 23.0 Å². The standard InChI is InChI=1S/C25H23N3O4S2/c1-3-11-32-20-10-9-17(12-16(20)2)23-18(14-28(26-23)19-7-5-4-6-8-19)13-21-24(31)27(15-22(29)30)25(33)34-21/h4-10,12-14H,3,11,15H2,1-2H3,(H,29,30)/b21-13-. The smallest absolute Gasteiger partial charge is 0.323 e. The monoisotopic (exact) mass is 493 g/mol. The molecule has 1 saturated heterocycles. The summed E-state index contributed by atoms with van der Waals surface area (Å²) in [4.78, 5) is 25.4. The molecule has 0 aliphatic carbocycles. The molecule has 0 bridgehead atoms. The third-order valence-corrected chi connectivity index (χ3v) is 6.50. The number of ether oxygens (including phenoxy) is 1. The number of nitrogens with zero attached hydrogens (tertiary/aromatic N) is 3. The normalized spacial score (nSPS) is 14.8. The molecule has 7 nitrogen and oxygen atoms in total. The highest BCUT2D eigenvalue weighted by atomic mass is 32.2. The van der Waals surface area contributed by atoms with Crippen LogP contribution in [-0.4, -0.2) is 49.1 Å². The second-order valence-corrected chi connectivity index (χ2v) is 9.38. The number of aryl methyl sites for hydroxylation is 1. The number of aromatic nitrogens is 2. The molecule has 1 amide bonds. The lowest BCUT2D eigenvalue weighted by Crippen LogP contribution is -2.33. The van der Waals surface area contributed by atoms with E-state index in [1.807, 2.05) is 61.7 Å². The summed E-state index contributed by atoms with van der Waals surface area (Å²) in [6.07, 6.45) is 4.50. The molecule has 174 valence electrons. The molecule has 0 spiro atoms. The van der Waals surface area contributed by atoms with E-state index in [1.165, 1.54) is 0 Å². The molecule has 1 aromatic heterocycles. The molecule has 2 aromatic carbocycles. The van der Waals surface area contributed by atoms with Crippen LogP contribution < -0.4 is 4.74 Å². The van der Waals surface area contributed by atoms with Gasteiger partial charge in [-0.2, -0.15) is 5.10 Å². The molecule has 3 aromatic rings. The van der Waals surface area contributed by atoms with Crippen molar-refractivity contribution in [3.8, 4) is 22.7 Å². The van der Waals surface area contributed by atoms with Crippen LogP contribution in [0.2, 0.25) is 0 Å². The summed E-state index contributed by atoms with van der Waals surface area (Å²) < 4.78 is 7.79. The van der Waals surface area contributed by atoms with Crippen LogP contribution in [0.1, 0.15) is 24.5 Å². The van der Waals surface area contributed by atoms with E-state index in [-0.39, 0.29) is 4.32 Å². The molecule has 0 unspecified atom stereocenters. The molecule has 2 heterocycles. The summed E-state index contributed by atoms with van der Waals surface area (Å²) >= 11 is 6.32. The third kappa shape index (κ3) is 5.05. The van der Waals surface area contributed by atoms with Crippen LogP contribution in [0.4, 0.5) is 0 Å². The van der Waals surface area contributed by atoms with Gasteiger partial charge in [-0.05, 0) is 55.3 Å². The van der Waals surface area contributed by atoms with Crippen LogP contribution >= 0.6 is 24.0 Å². The first-order chi connectivity index (χ1) is 16.4. The Kier molecular flexibility index (Phi) is 7.14. The summed E-state index contributed by atoms with van der Waals surface area (Å²) in [5, 5.41) is 13.9. The number of hydrogen-bond acceptors (Lipinski definition) is 6. The highest BCUT2D eigenvalue weighted by Crippen LogP contribution is 2.35. The molecule has 4 rings (SSSR count). The van der Waals surface area contributed by atoms with Crippen molar-refractivity contribution in [1.82, 2.24) is 14.7 Å². The van der Waals surface area contributed by atoms with Gasteiger partial charge < -0.3 is 9.84 Å². The maximum atomic E-state index is 12.8. The maximum absolute atomic E-state index is 12.8. The van der Waals surface area contributed by atoms with E-state index in [9.17, 15) is 9.59 Å². The number of rotatable bonds is 8. The zero-order chi connectivity index (χ0) is 24.2. The molecular formula is C25H23N3O4S2. The van der Waals surface area contributed by atoms with E-state index < -0.39 is 18.4 Å². The van der Waals surface area contributed by atoms with Gasteiger partial charge in [0.05, 0.1) is 17.2 Å². The Morgan fingerprint density at radius 3 is 2.68 bits per heavy atom. The van der Waals surface area contributed by atoms with Gasteiger partial charge in [-0.1, -0.05) is 49.1 Å². The van der Waals surface area contributed by atoms with E-state index in [2.05, 4.69) is 6.92 Å². The lowest BCUT2D eigenvalue weighted by molar-refractivity contribution is -0.140. The van der Waals surface area contributed by atoms with Crippen LogP contribution in [0, 0.1) is 6.92 Å². The fraction of sp³-hybridized carbons (Fsp3) is 0.200. The highest BCUT2D eigenvalue weighted by Gasteiger charge is 2.33. The SMILES string of the molecule is CCCOc1ccc(-c2nn(-c3ccccc3)cc2/C=C2\SC(=S)N(CC(=O)O)C2=O)cc1C. The predicted molar refractivity (Wildman–Crippen MR) is 137 cm³/mol. The molecular weight excluding hydrogens is 470 g/mol. The molecule has 0 atom stereocenters. The van der Waals surface area contributed by atoms with Crippen molar-refractivity contribution in [2.24, 2.45) is 0 Å². The minimum Gasteiger partial charge on any atom is -0.493 e. The van der Waals surface area contributed by atoms with Crippen LogP contribution in [-0.2, 0) is 9.59 Å². The average Bonchev–Trinajstić information content (AvgIpc) is 3.35. The Hall–Kier alpha value is -3.43. The summed E-state index contributed by atoms with van der Waals surface area (Å²) in [7, 11) is 0. The second kappa shape index (κ2) is 10.2. The number of amides is 1. The first kappa shape index (κ1) is 23.7. The minimum absolute atomic E-state index is 0.226. The van der Waals surface area contributed by atoms with Crippen molar-refractivity contribution in [3.05, 3.63) is 70.8 Å². The number of para-hydroxylation sites is 1. The van der Waals surface area contributed by atoms with Crippen molar-refractivity contribution in [1.29, 1.82) is 0 Å². The van der Waals surface area contributed by atoms with Crippen molar-refractivity contribution in [2.45, 2.75) is 20.3 Å². The van der Waals surface area contributed by atoms with Crippen molar-refractivity contribution in [2.75, 3.05) is 13.2 Å². The molecule has 9 heteroatoms. The van der Waals surface area contributed by atoms with Gasteiger partial charge in [-0.25, -0.2) is 4.68 Å². The van der Waals surface area contributed by atoms with Gasteiger partial charge in [0.15, 0.2) is 0 Å². The van der Waals surface area contributed by atoms with Gasteiger partial charge in [-0.3, -0.25) is 14.5 Å².